The van der Waals surface area contributed by atoms with Gasteiger partial charge in [-0.05, 0) is 38.1 Å². The molecule has 1 amide bonds. The molecular formula is C13H19N3O. The van der Waals surface area contributed by atoms with Gasteiger partial charge in [-0.3, -0.25) is 4.79 Å². The van der Waals surface area contributed by atoms with Gasteiger partial charge in [0.1, 0.15) is 0 Å². The number of rotatable bonds is 1. The lowest BCUT2D eigenvalue weighted by Gasteiger charge is -2.36. The Morgan fingerprint density at radius 3 is 2.29 bits per heavy atom. The number of carbonyl (C=O) groups excluding carboxylic acids is 1. The van der Waals surface area contributed by atoms with Crippen LogP contribution in [0.1, 0.15) is 24.2 Å². The van der Waals surface area contributed by atoms with Crippen molar-refractivity contribution in [2.24, 2.45) is 0 Å². The molecule has 1 aromatic rings. The fourth-order valence-corrected chi connectivity index (χ4v) is 2.30. The van der Waals surface area contributed by atoms with E-state index in [1.807, 2.05) is 4.90 Å². The van der Waals surface area contributed by atoms with Crippen molar-refractivity contribution < 1.29 is 4.79 Å². The Morgan fingerprint density at radius 2 is 1.76 bits per heavy atom. The average Bonchev–Trinajstić information content (AvgIpc) is 2.28. The van der Waals surface area contributed by atoms with Gasteiger partial charge >= 0.3 is 0 Å². The van der Waals surface area contributed by atoms with Crippen LogP contribution >= 0.6 is 0 Å². The highest BCUT2D eigenvalue weighted by atomic mass is 16.2. The molecule has 3 N–H and O–H groups in total. The maximum Gasteiger partial charge on any atom is 0.253 e. The molecule has 0 saturated carbocycles. The summed E-state index contributed by atoms with van der Waals surface area (Å²) in [5.74, 6) is 0.0881. The van der Waals surface area contributed by atoms with Crippen LogP contribution in [-0.2, 0) is 0 Å². The number of nitrogen functional groups attached to an aromatic ring is 1. The largest absolute Gasteiger partial charge is 0.399 e. The van der Waals surface area contributed by atoms with Crippen LogP contribution in [0.3, 0.4) is 0 Å². The standard InChI is InChI=1S/C13H19N3O/c1-9-7-16(8-10(2)15-9)13(17)11-3-5-12(14)6-4-11/h3-6,9-10,15H,7-8,14H2,1-2H3/t9-,10+. The fourth-order valence-electron chi connectivity index (χ4n) is 2.30. The molecule has 1 saturated heterocycles. The molecule has 0 unspecified atom stereocenters. The summed E-state index contributed by atoms with van der Waals surface area (Å²) in [6.07, 6.45) is 0. The Bertz CT molecular complexity index is 392. The van der Waals surface area contributed by atoms with Crippen molar-refractivity contribution in [3.05, 3.63) is 29.8 Å². The van der Waals surface area contributed by atoms with Crippen molar-refractivity contribution >= 4 is 11.6 Å². The quantitative estimate of drug-likeness (QED) is 0.714. The van der Waals surface area contributed by atoms with Crippen molar-refractivity contribution in [2.45, 2.75) is 25.9 Å². The third-order valence-corrected chi connectivity index (χ3v) is 3.00. The van der Waals surface area contributed by atoms with E-state index < -0.39 is 0 Å². The Kier molecular flexibility index (Phi) is 3.33. The first-order valence-electron chi connectivity index (χ1n) is 5.97. The number of piperazine rings is 1. The third-order valence-electron chi connectivity index (χ3n) is 3.00. The number of hydrogen-bond donors (Lipinski definition) is 2. The zero-order valence-corrected chi connectivity index (χ0v) is 10.3. The van der Waals surface area contributed by atoms with Crippen LogP contribution in [0.5, 0.6) is 0 Å². The molecule has 1 aliphatic heterocycles. The van der Waals surface area contributed by atoms with Gasteiger partial charge in [0.25, 0.3) is 5.91 Å². The lowest BCUT2D eigenvalue weighted by molar-refractivity contribution is 0.0674. The van der Waals surface area contributed by atoms with Gasteiger partial charge in [-0.15, -0.1) is 0 Å². The predicted octanol–water partition coefficient (Wildman–Crippen LogP) is 1.09. The highest BCUT2D eigenvalue weighted by Crippen LogP contribution is 2.12. The molecule has 0 bridgehead atoms. The lowest BCUT2D eigenvalue weighted by Crippen LogP contribution is -2.55. The normalized spacial score (nSPS) is 24.7. The Hall–Kier alpha value is -1.55. The highest BCUT2D eigenvalue weighted by molar-refractivity contribution is 5.94. The molecule has 0 aromatic heterocycles. The Labute approximate surface area is 102 Å². The first-order valence-corrected chi connectivity index (χ1v) is 5.97. The van der Waals surface area contributed by atoms with Crippen molar-refractivity contribution in [3.63, 3.8) is 0 Å². The predicted molar refractivity (Wildman–Crippen MR) is 68.8 cm³/mol. The van der Waals surface area contributed by atoms with Crippen molar-refractivity contribution in [1.29, 1.82) is 0 Å². The van der Waals surface area contributed by atoms with Gasteiger partial charge in [0.2, 0.25) is 0 Å². The summed E-state index contributed by atoms with van der Waals surface area (Å²) in [7, 11) is 0. The molecule has 2 rings (SSSR count). The van der Waals surface area contributed by atoms with E-state index in [9.17, 15) is 4.79 Å². The maximum atomic E-state index is 12.3. The molecular weight excluding hydrogens is 214 g/mol. The van der Waals surface area contributed by atoms with E-state index in [1.54, 1.807) is 24.3 Å². The minimum atomic E-state index is 0.0881. The second kappa shape index (κ2) is 4.75. The summed E-state index contributed by atoms with van der Waals surface area (Å²) in [5, 5.41) is 3.41. The molecule has 17 heavy (non-hydrogen) atoms. The second-order valence-corrected chi connectivity index (χ2v) is 4.80. The minimum absolute atomic E-state index is 0.0881. The summed E-state index contributed by atoms with van der Waals surface area (Å²) < 4.78 is 0. The van der Waals surface area contributed by atoms with Crippen LogP contribution < -0.4 is 11.1 Å². The summed E-state index contributed by atoms with van der Waals surface area (Å²) in [4.78, 5) is 14.2. The molecule has 0 radical (unpaired) electrons. The van der Waals surface area contributed by atoms with E-state index in [0.29, 0.717) is 23.3 Å². The first kappa shape index (κ1) is 11.9. The van der Waals surface area contributed by atoms with Crippen LogP contribution in [-0.4, -0.2) is 36.0 Å². The molecule has 1 fully saturated rings. The van der Waals surface area contributed by atoms with Gasteiger partial charge in [-0.25, -0.2) is 0 Å². The van der Waals surface area contributed by atoms with E-state index in [-0.39, 0.29) is 5.91 Å². The minimum Gasteiger partial charge on any atom is -0.399 e. The van der Waals surface area contributed by atoms with Crippen molar-refractivity contribution in [2.75, 3.05) is 18.8 Å². The van der Waals surface area contributed by atoms with Gasteiger partial charge in [0.05, 0.1) is 0 Å². The van der Waals surface area contributed by atoms with Crippen LogP contribution in [0.2, 0.25) is 0 Å². The van der Waals surface area contributed by atoms with Crippen molar-refractivity contribution in [1.82, 2.24) is 10.2 Å². The number of nitrogens with one attached hydrogen (secondary N) is 1. The summed E-state index contributed by atoms with van der Waals surface area (Å²) in [6, 6.07) is 7.79. The van der Waals surface area contributed by atoms with Crippen LogP contribution in [0, 0.1) is 0 Å². The number of amides is 1. The maximum absolute atomic E-state index is 12.3. The first-order chi connectivity index (χ1) is 8.06. The van der Waals surface area contributed by atoms with Crippen LogP contribution in [0.15, 0.2) is 24.3 Å². The van der Waals surface area contributed by atoms with E-state index in [2.05, 4.69) is 19.2 Å². The third kappa shape index (κ3) is 2.77. The molecule has 2 atom stereocenters. The number of nitrogens with zero attached hydrogens (tertiary/aromatic N) is 1. The molecule has 0 aliphatic carbocycles. The average molecular weight is 233 g/mol. The molecule has 4 heteroatoms. The molecule has 1 aromatic carbocycles. The van der Waals surface area contributed by atoms with Gasteiger partial charge in [-0.2, -0.15) is 0 Å². The van der Waals surface area contributed by atoms with Gasteiger partial charge in [0, 0.05) is 36.4 Å². The highest BCUT2D eigenvalue weighted by Gasteiger charge is 2.25. The smallest absolute Gasteiger partial charge is 0.253 e. The summed E-state index contributed by atoms with van der Waals surface area (Å²) in [5.41, 5.74) is 7.01. The van der Waals surface area contributed by atoms with Crippen LogP contribution in [0.4, 0.5) is 5.69 Å². The molecule has 1 heterocycles. The van der Waals surface area contributed by atoms with Gasteiger partial charge in [0.15, 0.2) is 0 Å². The van der Waals surface area contributed by atoms with E-state index in [4.69, 9.17) is 5.73 Å². The topological polar surface area (TPSA) is 58.4 Å². The van der Waals surface area contributed by atoms with E-state index >= 15 is 0 Å². The molecule has 1 aliphatic rings. The number of hydrogen-bond acceptors (Lipinski definition) is 3. The second-order valence-electron chi connectivity index (χ2n) is 4.80. The SMILES string of the molecule is C[C@@H]1CN(C(=O)c2ccc(N)cc2)C[C@H](C)N1. The zero-order chi connectivity index (χ0) is 12.4. The monoisotopic (exact) mass is 233 g/mol. The van der Waals surface area contributed by atoms with Gasteiger partial charge < -0.3 is 16.0 Å². The molecule has 0 spiro atoms. The Morgan fingerprint density at radius 1 is 1.24 bits per heavy atom. The van der Waals surface area contributed by atoms with Gasteiger partial charge in [-0.1, -0.05) is 0 Å². The van der Waals surface area contributed by atoms with Crippen LogP contribution in [0.25, 0.3) is 0 Å². The van der Waals surface area contributed by atoms with Crippen molar-refractivity contribution in [3.8, 4) is 0 Å². The molecule has 4 nitrogen and oxygen atoms in total. The Balaban J connectivity index is 2.11. The fraction of sp³-hybridized carbons (Fsp3) is 0.462. The molecule has 92 valence electrons. The number of carbonyl (C=O) groups is 1. The van der Waals surface area contributed by atoms with E-state index in [1.165, 1.54) is 0 Å². The lowest BCUT2D eigenvalue weighted by atomic mass is 10.1. The summed E-state index contributed by atoms with van der Waals surface area (Å²) in [6.45, 7) is 5.71. The summed E-state index contributed by atoms with van der Waals surface area (Å²) >= 11 is 0. The van der Waals surface area contributed by atoms with E-state index in [0.717, 1.165) is 13.1 Å². The number of nitrogens with two attached hydrogens (primary N) is 1. The number of anilines is 1. The zero-order valence-electron chi connectivity index (χ0n) is 10.3. The number of benzene rings is 1.